The SMILES string of the molecule is Cn1ccc(CC(CC23CC4CC(CC(C4)C2)C3)NN)n1. The summed E-state index contributed by atoms with van der Waals surface area (Å²) in [5.74, 6) is 8.93. The number of hydrogen-bond acceptors (Lipinski definition) is 3. The third-order valence-corrected chi connectivity index (χ3v) is 6.30. The number of aryl methyl sites for hydroxylation is 1. The van der Waals surface area contributed by atoms with Crippen LogP contribution in [0.4, 0.5) is 0 Å². The van der Waals surface area contributed by atoms with Crippen molar-refractivity contribution in [3.05, 3.63) is 18.0 Å². The van der Waals surface area contributed by atoms with Gasteiger partial charge in [-0.2, -0.15) is 5.10 Å². The molecule has 4 aliphatic rings. The number of hydrazine groups is 1. The maximum atomic E-state index is 5.87. The molecule has 0 aromatic carbocycles. The van der Waals surface area contributed by atoms with Crippen LogP contribution < -0.4 is 11.3 Å². The molecule has 4 bridgehead atoms. The molecule has 4 fully saturated rings. The van der Waals surface area contributed by atoms with Gasteiger partial charge in [0, 0.05) is 25.7 Å². The van der Waals surface area contributed by atoms with E-state index in [1.165, 1.54) is 44.9 Å². The molecule has 0 aliphatic heterocycles. The quantitative estimate of drug-likeness (QED) is 0.646. The Labute approximate surface area is 127 Å². The number of rotatable bonds is 5. The van der Waals surface area contributed by atoms with E-state index in [2.05, 4.69) is 16.6 Å². The number of aromatic nitrogens is 2. The second kappa shape index (κ2) is 5.10. The predicted molar refractivity (Wildman–Crippen MR) is 83.2 cm³/mol. The molecule has 21 heavy (non-hydrogen) atoms. The Kier molecular flexibility index (Phi) is 3.34. The van der Waals surface area contributed by atoms with Crippen molar-refractivity contribution in [2.45, 2.75) is 57.4 Å². The van der Waals surface area contributed by atoms with Crippen LogP contribution in [0.5, 0.6) is 0 Å². The standard InChI is InChI=1S/C17H28N4/c1-21-3-2-15(20-21)7-16(19-18)11-17-8-12-4-13(9-17)6-14(5-12)10-17/h2-3,12-14,16,19H,4-11,18H2,1H3. The zero-order valence-corrected chi connectivity index (χ0v) is 13.1. The summed E-state index contributed by atoms with van der Waals surface area (Å²) in [5.41, 5.74) is 4.83. The Morgan fingerprint density at radius 2 is 1.90 bits per heavy atom. The minimum absolute atomic E-state index is 0.371. The van der Waals surface area contributed by atoms with E-state index in [0.717, 1.165) is 29.9 Å². The Balaban J connectivity index is 1.46. The summed E-state index contributed by atoms with van der Waals surface area (Å²) in [7, 11) is 1.98. The first-order chi connectivity index (χ1) is 10.1. The lowest BCUT2D eigenvalue weighted by atomic mass is 9.48. The average Bonchev–Trinajstić information content (AvgIpc) is 2.81. The Bertz CT molecular complexity index is 471. The molecular weight excluding hydrogens is 260 g/mol. The molecule has 0 radical (unpaired) electrons. The van der Waals surface area contributed by atoms with Gasteiger partial charge in [-0.05, 0) is 74.2 Å². The molecule has 4 heteroatoms. The van der Waals surface area contributed by atoms with Gasteiger partial charge in [0.25, 0.3) is 0 Å². The molecule has 1 heterocycles. The minimum Gasteiger partial charge on any atom is -0.276 e. The highest BCUT2D eigenvalue weighted by molar-refractivity contribution is 5.05. The lowest BCUT2D eigenvalue weighted by Gasteiger charge is -2.57. The fourth-order valence-electron chi connectivity index (χ4n) is 6.08. The van der Waals surface area contributed by atoms with Gasteiger partial charge in [-0.25, -0.2) is 0 Å². The highest BCUT2D eigenvalue weighted by Crippen LogP contribution is 2.61. The van der Waals surface area contributed by atoms with E-state index < -0.39 is 0 Å². The fourth-order valence-corrected chi connectivity index (χ4v) is 6.08. The fraction of sp³-hybridized carbons (Fsp3) is 0.824. The van der Waals surface area contributed by atoms with Gasteiger partial charge in [0.2, 0.25) is 0 Å². The molecule has 0 amide bonds. The molecule has 1 atom stereocenters. The summed E-state index contributed by atoms with van der Waals surface area (Å²) in [4.78, 5) is 0. The van der Waals surface area contributed by atoms with Crippen molar-refractivity contribution in [2.75, 3.05) is 0 Å². The van der Waals surface area contributed by atoms with E-state index >= 15 is 0 Å². The summed E-state index contributed by atoms with van der Waals surface area (Å²) in [6, 6.07) is 2.49. The van der Waals surface area contributed by atoms with Crippen molar-refractivity contribution in [1.29, 1.82) is 0 Å². The van der Waals surface area contributed by atoms with Gasteiger partial charge < -0.3 is 0 Å². The molecule has 4 aliphatic carbocycles. The van der Waals surface area contributed by atoms with Crippen LogP contribution in [-0.4, -0.2) is 15.8 Å². The van der Waals surface area contributed by atoms with Crippen molar-refractivity contribution in [3.63, 3.8) is 0 Å². The normalized spacial score (nSPS) is 38.9. The van der Waals surface area contributed by atoms with Gasteiger partial charge in [-0.15, -0.1) is 0 Å². The summed E-state index contributed by atoms with van der Waals surface area (Å²) in [5, 5.41) is 4.51. The Morgan fingerprint density at radius 3 is 2.38 bits per heavy atom. The molecule has 3 N–H and O–H groups in total. The van der Waals surface area contributed by atoms with Gasteiger partial charge in [-0.1, -0.05) is 0 Å². The van der Waals surface area contributed by atoms with Crippen LogP contribution in [0.2, 0.25) is 0 Å². The van der Waals surface area contributed by atoms with Crippen LogP contribution in [-0.2, 0) is 13.5 Å². The Morgan fingerprint density at radius 1 is 1.29 bits per heavy atom. The molecule has 4 nitrogen and oxygen atoms in total. The van der Waals surface area contributed by atoms with Crippen molar-refractivity contribution in [3.8, 4) is 0 Å². The number of nitrogens with two attached hydrogens (primary N) is 1. The van der Waals surface area contributed by atoms with Crippen LogP contribution in [0.3, 0.4) is 0 Å². The molecule has 4 saturated carbocycles. The number of nitrogens with zero attached hydrogens (tertiary/aromatic N) is 2. The maximum Gasteiger partial charge on any atom is 0.0640 e. The maximum absolute atomic E-state index is 5.87. The molecule has 1 unspecified atom stereocenters. The van der Waals surface area contributed by atoms with Gasteiger partial charge in [0.1, 0.15) is 0 Å². The molecular formula is C17H28N4. The molecule has 5 rings (SSSR count). The third kappa shape index (κ3) is 2.64. The number of hydrogen-bond donors (Lipinski definition) is 2. The van der Waals surface area contributed by atoms with Crippen molar-refractivity contribution < 1.29 is 0 Å². The summed E-state index contributed by atoms with van der Waals surface area (Å²) in [6.07, 6.45) is 13.1. The first kappa shape index (κ1) is 13.8. The van der Waals surface area contributed by atoms with E-state index in [-0.39, 0.29) is 0 Å². The van der Waals surface area contributed by atoms with Gasteiger partial charge in [0.05, 0.1) is 5.69 Å². The lowest BCUT2D eigenvalue weighted by Crippen LogP contribution is -2.50. The molecule has 1 aromatic heterocycles. The predicted octanol–water partition coefficient (Wildman–Crippen LogP) is 2.40. The highest BCUT2D eigenvalue weighted by atomic mass is 15.3. The Hall–Kier alpha value is -0.870. The lowest BCUT2D eigenvalue weighted by molar-refractivity contribution is -0.0620. The van der Waals surface area contributed by atoms with Crippen molar-refractivity contribution >= 4 is 0 Å². The second-order valence-corrected chi connectivity index (χ2v) is 8.17. The van der Waals surface area contributed by atoms with E-state index in [9.17, 15) is 0 Å². The largest absolute Gasteiger partial charge is 0.276 e. The van der Waals surface area contributed by atoms with Crippen LogP contribution in [0.1, 0.15) is 50.6 Å². The number of nitrogens with one attached hydrogen (secondary N) is 1. The van der Waals surface area contributed by atoms with E-state index in [0.29, 0.717) is 11.5 Å². The summed E-state index contributed by atoms with van der Waals surface area (Å²) >= 11 is 0. The van der Waals surface area contributed by atoms with Crippen LogP contribution in [0.15, 0.2) is 12.3 Å². The third-order valence-electron chi connectivity index (χ3n) is 6.30. The topological polar surface area (TPSA) is 55.9 Å². The molecule has 116 valence electrons. The second-order valence-electron chi connectivity index (χ2n) is 8.17. The monoisotopic (exact) mass is 288 g/mol. The average molecular weight is 288 g/mol. The van der Waals surface area contributed by atoms with Crippen LogP contribution in [0, 0.1) is 23.2 Å². The van der Waals surface area contributed by atoms with Gasteiger partial charge in [0.15, 0.2) is 0 Å². The summed E-state index contributed by atoms with van der Waals surface area (Å²) < 4.78 is 1.88. The van der Waals surface area contributed by atoms with Crippen LogP contribution >= 0.6 is 0 Å². The first-order valence-electron chi connectivity index (χ1n) is 8.59. The zero-order chi connectivity index (χ0) is 14.4. The molecule has 1 aromatic rings. The minimum atomic E-state index is 0.371. The summed E-state index contributed by atoms with van der Waals surface area (Å²) in [6.45, 7) is 0. The van der Waals surface area contributed by atoms with Crippen LogP contribution in [0.25, 0.3) is 0 Å². The highest BCUT2D eigenvalue weighted by Gasteiger charge is 2.51. The van der Waals surface area contributed by atoms with Crippen molar-refractivity contribution in [1.82, 2.24) is 15.2 Å². The smallest absolute Gasteiger partial charge is 0.0640 e. The van der Waals surface area contributed by atoms with E-state index in [4.69, 9.17) is 5.84 Å². The molecule has 0 spiro atoms. The van der Waals surface area contributed by atoms with E-state index in [1.54, 1.807) is 0 Å². The van der Waals surface area contributed by atoms with Gasteiger partial charge in [-0.3, -0.25) is 16.0 Å². The van der Waals surface area contributed by atoms with Crippen molar-refractivity contribution in [2.24, 2.45) is 36.1 Å². The van der Waals surface area contributed by atoms with Gasteiger partial charge >= 0.3 is 0 Å². The zero-order valence-electron chi connectivity index (χ0n) is 13.1. The van der Waals surface area contributed by atoms with E-state index in [1.807, 2.05) is 17.9 Å². The first-order valence-corrected chi connectivity index (χ1v) is 8.59. The molecule has 0 saturated heterocycles.